The van der Waals surface area contributed by atoms with E-state index in [9.17, 15) is 35.6 Å². The summed E-state index contributed by atoms with van der Waals surface area (Å²) in [6.45, 7) is -0.683. The van der Waals surface area contributed by atoms with Crippen LogP contribution in [0.25, 0.3) is 0 Å². The summed E-state index contributed by atoms with van der Waals surface area (Å²) in [6.07, 6.45) is 0.732. The molecule has 4 rings (SSSR count). The van der Waals surface area contributed by atoms with Crippen LogP contribution >= 0.6 is 0 Å². The number of imide groups is 1. The lowest BCUT2D eigenvalue weighted by molar-refractivity contribution is -0.134. The Morgan fingerprint density at radius 2 is 1.85 bits per heavy atom. The molecule has 2 aliphatic heterocycles. The Labute approximate surface area is 188 Å². The summed E-state index contributed by atoms with van der Waals surface area (Å²) in [4.78, 5) is 38.7. The zero-order valence-corrected chi connectivity index (χ0v) is 18.8. The summed E-state index contributed by atoms with van der Waals surface area (Å²) in [5.74, 6) is -2.83. The number of anilines is 1. The Morgan fingerprint density at radius 3 is 2.48 bits per heavy atom. The fourth-order valence-corrected chi connectivity index (χ4v) is 6.16. The van der Waals surface area contributed by atoms with Crippen LogP contribution in [0.5, 0.6) is 0 Å². The third kappa shape index (κ3) is 3.97. The van der Waals surface area contributed by atoms with Gasteiger partial charge < -0.3 is 10.6 Å². The number of carbonyl (C=O) groups is 3. The minimum Gasteiger partial charge on any atom is -0.325 e. The SMILES string of the molecule is CS(=O)(=O)c1ccc(NC(=O)CN2C(=O)N[C@]3(CCS(=O)(=O)c4ccc(F)cc43)C2=O)cc1. The van der Waals surface area contributed by atoms with E-state index in [0.717, 1.165) is 24.5 Å². The van der Waals surface area contributed by atoms with E-state index in [-0.39, 0.29) is 27.5 Å². The van der Waals surface area contributed by atoms with Crippen molar-refractivity contribution in [3.8, 4) is 0 Å². The zero-order chi connectivity index (χ0) is 24.2. The van der Waals surface area contributed by atoms with Crippen molar-refractivity contribution < 1.29 is 35.6 Å². The second-order valence-electron chi connectivity index (χ2n) is 7.78. The van der Waals surface area contributed by atoms with Crippen LogP contribution in [-0.2, 0) is 34.8 Å². The number of amides is 4. The van der Waals surface area contributed by atoms with E-state index in [1.54, 1.807) is 0 Å². The van der Waals surface area contributed by atoms with Crippen LogP contribution in [-0.4, -0.2) is 58.1 Å². The van der Waals surface area contributed by atoms with Crippen molar-refractivity contribution >= 4 is 43.2 Å². The summed E-state index contributed by atoms with van der Waals surface area (Å²) in [6, 6.07) is 7.28. The van der Waals surface area contributed by atoms with Gasteiger partial charge in [-0.15, -0.1) is 0 Å². The maximum atomic E-state index is 13.9. The van der Waals surface area contributed by atoms with Crippen LogP contribution in [0.15, 0.2) is 52.3 Å². The quantitative estimate of drug-likeness (QED) is 0.471. The molecule has 4 amide bonds. The van der Waals surface area contributed by atoms with Crippen LogP contribution < -0.4 is 10.6 Å². The van der Waals surface area contributed by atoms with E-state index in [1.165, 1.54) is 24.3 Å². The van der Waals surface area contributed by atoms with Gasteiger partial charge in [0.2, 0.25) is 5.91 Å². The van der Waals surface area contributed by atoms with Gasteiger partial charge in [0, 0.05) is 17.5 Å². The Kier molecular flexibility index (Phi) is 5.28. The van der Waals surface area contributed by atoms with Gasteiger partial charge in [-0.1, -0.05) is 0 Å². The van der Waals surface area contributed by atoms with Crippen molar-refractivity contribution in [2.45, 2.75) is 21.8 Å². The van der Waals surface area contributed by atoms with E-state index >= 15 is 0 Å². The van der Waals surface area contributed by atoms with Crippen molar-refractivity contribution in [3.05, 3.63) is 53.8 Å². The zero-order valence-electron chi connectivity index (χ0n) is 17.2. The first-order chi connectivity index (χ1) is 15.3. The van der Waals surface area contributed by atoms with Crippen molar-refractivity contribution in [1.82, 2.24) is 10.2 Å². The first kappa shape index (κ1) is 22.9. The second-order valence-corrected chi connectivity index (χ2v) is 11.9. The number of nitrogens with zero attached hydrogens (tertiary/aromatic N) is 1. The van der Waals surface area contributed by atoms with Crippen molar-refractivity contribution in [1.29, 1.82) is 0 Å². The predicted molar refractivity (Wildman–Crippen MR) is 113 cm³/mol. The fraction of sp³-hybridized carbons (Fsp3) is 0.250. The molecule has 0 unspecified atom stereocenters. The monoisotopic (exact) mass is 495 g/mol. The van der Waals surface area contributed by atoms with E-state index in [4.69, 9.17) is 0 Å². The summed E-state index contributed by atoms with van der Waals surface area (Å²) in [7, 11) is -7.19. The number of hydrogen-bond acceptors (Lipinski definition) is 7. The molecule has 13 heteroatoms. The summed E-state index contributed by atoms with van der Waals surface area (Å²) < 4.78 is 61.8. The molecule has 10 nitrogen and oxygen atoms in total. The molecule has 1 atom stereocenters. The number of sulfone groups is 2. The van der Waals surface area contributed by atoms with Crippen LogP contribution in [0.2, 0.25) is 0 Å². The van der Waals surface area contributed by atoms with Crippen molar-refractivity contribution in [2.75, 3.05) is 23.9 Å². The molecule has 0 bridgehead atoms. The molecule has 2 aromatic carbocycles. The molecule has 2 N–H and O–H groups in total. The first-order valence-electron chi connectivity index (χ1n) is 9.60. The molecular weight excluding hydrogens is 477 g/mol. The lowest BCUT2D eigenvalue weighted by Crippen LogP contribution is -2.49. The Balaban J connectivity index is 1.57. The number of halogens is 1. The topological polar surface area (TPSA) is 147 Å². The summed E-state index contributed by atoms with van der Waals surface area (Å²) in [5, 5.41) is 4.90. The number of fused-ring (bicyclic) bond motifs is 2. The third-order valence-electron chi connectivity index (χ3n) is 5.53. The average Bonchev–Trinajstić information content (AvgIpc) is 2.96. The van der Waals surface area contributed by atoms with Crippen molar-refractivity contribution in [3.63, 3.8) is 0 Å². The number of rotatable bonds is 4. The molecule has 33 heavy (non-hydrogen) atoms. The van der Waals surface area contributed by atoms with Gasteiger partial charge in [0.25, 0.3) is 5.91 Å². The average molecular weight is 496 g/mol. The molecule has 2 aliphatic rings. The fourth-order valence-electron chi connectivity index (χ4n) is 3.89. The minimum absolute atomic E-state index is 0.0506. The largest absolute Gasteiger partial charge is 0.325 e. The van der Waals surface area contributed by atoms with Crippen LogP contribution in [0.4, 0.5) is 14.9 Å². The molecule has 2 aromatic rings. The first-order valence-corrected chi connectivity index (χ1v) is 13.1. The predicted octanol–water partition coefficient (Wildman–Crippen LogP) is 0.792. The van der Waals surface area contributed by atoms with Gasteiger partial charge in [0.1, 0.15) is 17.9 Å². The second kappa shape index (κ2) is 7.63. The smallest absolute Gasteiger partial charge is 0.325 e. The van der Waals surface area contributed by atoms with Gasteiger partial charge in [-0.2, -0.15) is 0 Å². The molecule has 2 heterocycles. The van der Waals surface area contributed by atoms with Gasteiger partial charge >= 0.3 is 6.03 Å². The number of carbonyl (C=O) groups excluding carboxylic acids is 3. The highest BCUT2D eigenvalue weighted by atomic mass is 32.2. The van der Waals surface area contributed by atoms with E-state index in [1.807, 2.05) is 0 Å². The summed E-state index contributed by atoms with van der Waals surface area (Å²) in [5.41, 5.74) is -1.73. The number of benzene rings is 2. The van der Waals surface area contributed by atoms with E-state index < -0.39 is 61.2 Å². The molecule has 174 valence electrons. The lowest BCUT2D eigenvalue weighted by Gasteiger charge is -2.32. The minimum atomic E-state index is -3.77. The van der Waals surface area contributed by atoms with Gasteiger partial charge in [-0.3, -0.25) is 14.5 Å². The molecule has 0 radical (unpaired) electrons. The number of urea groups is 1. The van der Waals surface area contributed by atoms with E-state index in [0.29, 0.717) is 4.90 Å². The number of hydrogen-bond donors (Lipinski definition) is 2. The third-order valence-corrected chi connectivity index (χ3v) is 8.42. The molecule has 1 saturated heterocycles. The maximum Gasteiger partial charge on any atom is 0.325 e. The van der Waals surface area contributed by atoms with Gasteiger partial charge in [0.15, 0.2) is 19.7 Å². The lowest BCUT2D eigenvalue weighted by atomic mass is 9.86. The molecular formula is C20H18FN3O7S2. The van der Waals surface area contributed by atoms with E-state index in [2.05, 4.69) is 10.6 Å². The van der Waals surface area contributed by atoms with Crippen LogP contribution in [0.3, 0.4) is 0 Å². The molecule has 0 aliphatic carbocycles. The Morgan fingerprint density at radius 1 is 1.18 bits per heavy atom. The molecule has 1 fully saturated rings. The van der Waals surface area contributed by atoms with Gasteiger partial charge in [-0.25, -0.2) is 26.0 Å². The normalized spacial score (nSPS) is 21.6. The van der Waals surface area contributed by atoms with Crippen LogP contribution in [0.1, 0.15) is 12.0 Å². The highest BCUT2D eigenvalue weighted by Gasteiger charge is 2.56. The Hall–Kier alpha value is -3.32. The van der Waals surface area contributed by atoms with Crippen LogP contribution in [0, 0.1) is 5.82 Å². The standard InChI is InChI=1S/C20H18FN3O7S2/c1-32(28,29)14-5-3-13(4-6-14)22-17(25)11-24-18(26)20(23-19(24)27)8-9-33(30,31)16-7-2-12(21)10-15(16)20/h2-7,10H,8-9,11H2,1H3,(H,22,25)(H,23,27)/t20-/m0/s1. The maximum absolute atomic E-state index is 13.9. The van der Waals surface area contributed by atoms with Gasteiger partial charge in [0.05, 0.1) is 15.5 Å². The summed E-state index contributed by atoms with van der Waals surface area (Å²) >= 11 is 0. The highest BCUT2D eigenvalue weighted by Crippen LogP contribution is 2.41. The van der Waals surface area contributed by atoms with Gasteiger partial charge in [-0.05, 0) is 48.9 Å². The van der Waals surface area contributed by atoms with Crippen molar-refractivity contribution in [2.24, 2.45) is 0 Å². The molecule has 0 aromatic heterocycles. The molecule has 1 spiro atoms. The number of nitrogens with one attached hydrogen (secondary N) is 2. The highest BCUT2D eigenvalue weighted by molar-refractivity contribution is 7.91. The Bertz CT molecular complexity index is 1410. The molecule has 0 saturated carbocycles.